The third kappa shape index (κ3) is 3.93. The molecule has 0 spiro atoms. The third-order valence-electron chi connectivity index (χ3n) is 2.67. The molecule has 2 rings (SSSR count). The van der Waals surface area contributed by atoms with E-state index in [-0.39, 0.29) is 22.7 Å². The average molecular weight is 325 g/mol. The Kier molecular flexibility index (Phi) is 4.77. The Morgan fingerprint density at radius 1 is 1.19 bits per heavy atom. The molecule has 2 N–H and O–H groups in total. The van der Waals surface area contributed by atoms with Gasteiger partial charge in [-0.1, -0.05) is 23.2 Å². The minimum atomic E-state index is -1.05. The second kappa shape index (κ2) is 6.56. The molecule has 0 unspecified atom stereocenters. The summed E-state index contributed by atoms with van der Waals surface area (Å²) in [7, 11) is 0. The second-order valence-electron chi connectivity index (χ2n) is 4.15. The zero-order chi connectivity index (χ0) is 15.4. The van der Waals surface area contributed by atoms with Gasteiger partial charge in [-0.05, 0) is 30.3 Å². The van der Waals surface area contributed by atoms with Crippen LogP contribution >= 0.6 is 23.2 Å². The van der Waals surface area contributed by atoms with Crippen LogP contribution in [0.25, 0.3) is 0 Å². The van der Waals surface area contributed by atoms with E-state index in [9.17, 15) is 9.59 Å². The smallest absolute Gasteiger partial charge is 0.335 e. The van der Waals surface area contributed by atoms with Crippen LogP contribution in [-0.4, -0.2) is 22.0 Å². The van der Waals surface area contributed by atoms with Gasteiger partial charge in [0.25, 0.3) is 5.91 Å². The fourth-order valence-electron chi connectivity index (χ4n) is 1.65. The van der Waals surface area contributed by atoms with Crippen molar-refractivity contribution in [1.29, 1.82) is 0 Å². The van der Waals surface area contributed by atoms with E-state index in [4.69, 9.17) is 28.3 Å². The van der Waals surface area contributed by atoms with Gasteiger partial charge in [0.05, 0.1) is 28.4 Å². The molecule has 5 nitrogen and oxygen atoms in total. The van der Waals surface area contributed by atoms with E-state index in [0.29, 0.717) is 10.7 Å². The molecule has 0 saturated carbocycles. The number of hydrogen-bond donors (Lipinski definition) is 2. The number of carbonyl (C=O) groups excluding carboxylic acids is 1. The lowest BCUT2D eigenvalue weighted by molar-refractivity contribution is 0.0696. The molecule has 0 aliphatic heterocycles. The summed E-state index contributed by atoms with van der Waals surface area (Å²) in [5.41, 5.74) is 0.787. The maximum absolute atomic E-state index is 12.0. The molecule has 0 saturated heterocycles. The Hall–Kier alpha value is -2.11. The highest BCUT2D eigenvalue weighted by molar-refractivity contribution is 6.35. The molecule has 0 aliphatic rings. The van der Waals surface area contributed by atoms with Gasteiger partial charge in [0, 0.05) is 11.2 Å². The molecule has 0 fully saturated rings. The molecule has 1 aromatic carbocycles. The minimum absolute atomic E-state index is 0.0861. The van der Waals surface area contributed by atoms with E-state index in [1.165, 1.54) is 30.5 Å². The first kappa shape index (κ1) is 15.3. The molecule has 21 heavy (non-hydrogen) atoms. The van der Waals surface area contributed by atoms with E-state index < -0.39 is 11.9 Å². The molecule has 2 aromatic rings. The van der Waals surface area contributed by atoms with Crippen molar-refractivity contribution in [2.75, 3.05) is 0 Å². The Morgan fingerprint density at radius 2 is 1.95 bits per heavy atom. The van der Waals surface area contributed by atoms with Crippen molar-refractivity contribution in [2.45, 2.75) is 6.54 Å². The molecule has 0 bridgehead atoms. The van der Waals surface area contributed by atoms with Gasteiger partial charge in [-0.3, -0.25) is 9.78 Å². The number of hydrogen-bond acceptors (Lipinski definition) is 3. The van der Waals surface area contributed by atoms with E-state index in [2.05, 4.69) is 10.3 Å². The number of carbonyl (C=O) groups is 2. The fraction of sp³-hybridized carbons (Fsp3) is 0.0714. The lowest BCUT2D eigenvalue weighted by Gasteiger charge is -2.07. The Bertz CT molecular complexity index is 704. The first-order valence-corrected chi connectivity index (χ1v) is 6.64. The summed E-state index contributed by atoms with van der Waals surface area (Å²) in [4.78, 5) is 26.8. The normalized spacial score (nSPS) is 10.2. The maximum atomic E-state index is 12.0. The number of halogens is 2. The Balaban J connectivity index is 2.09. The monoisotopic (exact) mass is 324 g/mol. The number of pyridine rings is 1. The van der Waals surface area contributed by atoms with Crippen LogP contribution in [0.4, 0.5) is 0 Å². The highest BCUT2D eigenvalue weighted by Gasteiger charge is 2.11. The fourth-order valence-corrected chi connectivity index (χ4v) is 2.02. The summed E-state index contributed by atoms with van der Waals surface area (Å²) in [6.07, 6.45) is 1.37. The van der Waals surface area contributed by atoms with Crippen molar-refractivity contribution in [3.8, 4) is 0 Å². The molecule has 7 heteroatoms. The van der Waals surface area contributed by atoms with Gasteiger partial charge in [-0.2, -0.15) is 0 Å². The predicted molar refractivity (Wildman–Crippen MR) is 78.8 cm³/mol. The van der Waals surface area contributed by atoms with Gasteiger partial charge in [-0.15, -0.1) is 0 Å². The summed E-state index contributed by atoms with van der Waals surface area (Å²) in [6.45, 7) is 0.0861. The van der Waals surface area contributed by atoms with Crippen molar-refractivity contribution in [3.63, 3.8) is 0 Å². The van der Waals surface area contributed by atoms with Crippen molar-refractivity contribution in [2.24, 2.45) is 0 Å². The summed E-state index contributed by atoms with van der Waals surface area (Å²) in [5.74, 6) is -1.46. The Morgan fingerprint density at radius 3 is 2.67 bits per heavy atom. The van der Waals surface area contributed by atoms with Crippen LogP contribution in [-0.2, 0) is 6.54 Å². The SMILES string of the molecule is O=C(O)c1ccnc(CNC(=O)c2cc(Cl)ccc2Cl)c1. The van der Waals surface area contributed by atoms with Crippen molar-refractivity contribution in [1.82, 2.24) is 10.3 Å². The third-order valence-corrected chi connectivity index (χ3v) is 3.23. The topological polar surface area (TPSA) is 79.3 Å². The van der Waals surface area contributed by atoms with Crippen molar-refractivity contribution >= 4 is 35.1 Å². The molecule has 1 aromatic heterocycles. The highest BCUT2D eigenvalue weighted by atomic mass is 35.5. The molecule has 1 amide bonds. The van der Waals surface area contributed by atoms with Crippen LogP contribution in [0.2, 0.25) is 10.0 Å². The van der Waals surface area contributed by atoms with Crippen molar-refractivity contribution in [3.05, 3.63) is 63.4 Å². The Labute approximate surface area is 130 Å². The first-order valence-electron chi connectivity index (χ1n) is 5.89. The number of rotatable bonds is 4. The van der Waals surface area contributed by atoms with Gasteiger partial charge in [0.2, 0.25) is 0 Å². The van der Waals surface area contributed by atoms with Gasteiger partial charge in [0.15, 0.2) is 0 Å². The van der Waals surface area contributed by atoms with E-state index >= 15 is 0 Å². The number of nitrogens with zero attached hydrogens (tertiary/aromatic N) is 1. The number of carboxylic acid groups (broad SMARTS) is 1. The number of nitrogens with one attached hydrogen (secondary N) is 1. The van der Waals surface area contributed by atoms with E-state index in [1.807, 2.05) is 0 Å². The summed E-state index contributed by atoms with van der Waals surface area (Å²) in [6, 6.07) is 7.34. The van der Waals surface area contributed by atoms with Gasteiger partial charge < -0.3 is 10.4 Å². The molecule has 1 heterocycles. The lowest BCUT2D eigenvalue weighted by atomic mass is 10.2. The molecule has 0 atom stereocenters. The van der Waals surface area contributed by atoms with Gasteiger partial charge >= 0.3 is 5.97 Å². The first-order chi connectivity index (χ1) is 9.97. The van der Waals surface area contributed by atoms with Crippen LogP contribution in [0.15, 0.2) is 36.5 Å². The number of amides is 1. The zero-order valence-electron chi connectivity index (χ0n) is 10.6. The van der Waals surface area contributed by atoms with Crippen LogP contribution in [0.5, 0.6) is 0 Å². The molecule has 0 radical (unpaired) electrons. The zero-order valence-corrected chi connectivity index (χ0v) is 12.1. The number of carboxylic acids is 1. The number of aromatic carboxylic acids is 1. The van der Waals surface area contributed by atoms with E-state index in [0.717, 1.165) is 0 Å². The van der Waals surface area contributed by atoms with Crippen LogP contribution in [0, 0.1) is 0 Å². The standard InChI is InChI=1S/C14H10Cl2N2O3/c15-9-1-2-12(16)11(6-9)13(19)18-7-10-5-8(14(20)21)3-4-17-10/h1-6H,7H2,(H,18,19)(H,20,21). The molecular weight excluding hydrogens is 315 g/mol. The predicted octanol–water partition coefficient (Wildman–Crippen LogP) is 3.02. The summed E-state index contributed by atoms with van der Waals surface area (Å²) in [5, 5.41) is 12.2. The second-order valence-corrected chi connectivity index (χ2v) is 4.99. The molecule has 108 valence electrons. The van der Waals surface area contributed by atoms with Gasteiger partial charge in [0.1, 0.15) is 0 Å². The summed E-state index contributed by atoms with van der Waals surface area (Å²) < 4.78 is 0. The number of aromatic nitrogens is 1. The molecular formula is C14H10Cl2N2O3. The molecule has 0 aliphatic carbocycles. The largest absolute Gasteiger partial charge is 0.478 e. The van der Waals surface area contributed by atoms with E-state index in [1.54, 1.807) is 6.07 Å². The van der Waals surface area contributed by atoms with Crippen LogP contribution in [0.1, 0.15) is 26.4 Å². The van der Waals surface area contributed by atoms with Crippen LogP contribution in [0.3, 0.4) is 0 Å². The van der Waals surface area contributed by atoms with Crippen LogP contribution < -0.4 is 5.32 Å². The van der Waals surface area contributed by atoms with Crippen molar-refractivity contribution < 1.29 is 14.7 Å². The average Bonchev–Trinajstić information content (AvgIpc) is 2.47. The highest BCUT2D eigenvalue weighted by Crippen LogP contribution is 2.20. The van der Waals surface area contributed by atoms with Gasteiger partial charge in [-0.25, -0.2) is 4.79 Å². The lowest BCUT2D eigenvalue weighted by Crippen LogP contribution is -2.23. The quantitative estimate of drug-likeness (QED) is 0.906. The minimum Gasteiger partial charge on any atom is -0.478 e. The number of benzene rings is 1. The summed E-state index contributed by atoms with van der Waals surface area (Å²) >= 11 is 11.7. The maximum Gasteiger partial charge on any atom is 0.335 e.